The molecule has 3 nitrogen and oxygen atoms in total. The van der Waals surface area contributed by atoms with Gasteiger partial charge in [0.05, 0.1) is 6.10 Å². The Balaban J connectivity index is 1.51. The standard InChI is InChI=1S/C13H24N2O/c16-13-9-11-3-4-12(10-13)15(11)8-7-14-5-1-2-6-14/h11-13,16H,1-10H2. The Labute approximate surface area is 98.4 Å². The lowest BCUT2D eigenvalue weighted by Crippen LogP contribution is -2.47. The van der Waals surface area contributed by atoms with E-state index < -0.39 is 0 Å². The number of aliphatic hydroxyl groups is 1. The van der Waals surface area contributed by atoms with E-state index in [-0.39, 0.29) is 6.10 Å². The Morgan fingerprint density at radius 2 is 1.56 bits per heavy atom. The molecule has 3 heteroatoms. The summed E-state index contributed by atoms with van der Waals surface area (Å²) in [5.41, 5.74) is 0. The van der Waals surface area contributed by atoms with Crippen LogP contribution in [0.15, 0.2) is 0 Å². The van der Waals surface area contributed by atoms with Crippen molar-refractivity contribution in [2.24, 2.45) is 0 Å². The van der Waals surface area contributed by atoms with Crippen LogP contribution in [0.25, 0.3) is 0 Å². The molecular weight excluding hydrogens is 200 g/mol. The molecule has 92 valence electrons. The van der Waals surface area contributed by atoms with Crippen molar-refractivity contribution in [1.82, 2.24) is 9.80 Å². The van der Waals surface area contributed by atoms with Gasteiger partial charge in [0.25, 0.3) is 0 Å². The molecule has 0 aromatic heterocycles. The molecule has 3 aliphatic heterocycles. The topological polar surface area (TPSA) is 26.7 Å². The zero-order valence-electron chi connectivity index (χ0n) is 10.1. The van der Waals surface area contributed by atoms with Gasteiger partial charge in [0, 0.05) is 25.2 Å². The van der Waals surface area contributed by atoms with Crippen molar-refractivity contribution in [1.29, 1.82) is 0 Å². The fourth-order valence-electron chi connectivity index (χ4n) is 3.87. The first kappa shape index (κ1) is 11.0. The molecule has 3 aliphatic rings. The number of nitrogens with zero attached hydrogens (tertiary/aromatic N) is 2. The van der Waals surface area contributed by atoms with E-state index in [9.17, 15) is 5.11 Å². The molecule has 0 saturated carbocycles. The molecule has 16 heavy (non-hydrogen) atoms. The Morgan fingerprint density at radius 1 is 0.938 bits per heavy atom. The predicted octanol–water partition coefficient (Wildman–Crippen LogP) is 1.07. The molecule has 0 aliphatic carbocycles. The summed E-state index contributed by atoms with van der Waals surface area (Å²) in [6.45, 7) is 5.11. The maximum atomic E-state index is 9.75. The Kier molecular flexibility index (Phi) is 3.18. The van der Waals surface area contributed by atoms with Gasteiger partial charge in [0.2, 0.25) is 0 Å². The highest BCUT2D eigenvalue weighted by atomic mass is 16.3. The molecule has 0 radical (unpaired) electrons. The van der Waals surface area contributed by atoms with Crippen LogP contribution >= 0.6 is 0 Å². The Bertz CT molecular complexity index is 226. The lowest BCUT2D eigenvalue weighted by atomic mass is 10.00. The molecular formula is C13H24N2O. The largest absolute Gasteiger partial charge is 0.393 e. The second-order valence-electron chi connectivity index (χ2n) is 5.80. The summed E-state index contributed by atoms with van der Waals surface area (Å²) in [4.78, 5) is 5.29. The van der Waals surface area contributed by atoms with Gasteiger partial charge in [-0.2, -0.15) is 0 Å². The molecule has 0 aromatic rings. The molecule has 3 fully saturated rings. The minimum absolute atomic E-state index is 0.0134. The summed E-state index contributed by atoms with van der Waals surface area (Å²) < 4.78 is 0. The van der Waals surface area contributed by atoms with Crippen LogP contribution in [0.2, 0.25) is 0 Å². The van der Waals surface area contributed by atoms with Gasteiger partial charge < -0.3 is 10.0 Å². The number of rotatable bonds is 3. The lowest BCUT2D eigenvalue weighted by molar-refractivity contribution is 0.0314. The zero-order chi connectivity index (χ0) is 11.0. The molecule has 3 rings (SSSR count). The number of hydrogen-bond donors (Lipinski definition) is 1. The third-order valence-electron chi connectivity index (χ3n) is 4.73. The van der Waals surface area contributed by atoms with Crippen LogP contribution in [0.4, 0.5) is 0 Å². The van der Waals surface area contributed by atoms with E-state index in [4.69, 9.17) is 0 Å². The third kappa shape index (κ3) is 2.13. The van der Waals surface area contributed by atoms with Crippen LogP contribution in [0, 0.1) is 0 Å². The molecule has 2 atom stereocenters. The van der Waals surface area contributed by atoms with E-state index in [0.29, 0.717) is 12.1 Å². The highest BCUT2D eigenvalue weighted by Crippen LogP contribution is 2.35. The van der Waals surface area contributed by atoms with E-state index in [1.54, 1.807) is 0 Å². The Morgan fingerprint density at radius 3 is 2.19 bits per heavy atom. The smallest absolute Gasteiger partial charge is 0.0570 e. The minimum atomic E-state index is -0.0134. The zero-order valence-corrected chi connectivity index (χ0v) is 10.1. The van der Waals surface area contributed by atoms with Gasteiger partial charge in [-0.05, 0) is 51.6 Å². The second-order valence-corrected chi connectivity index (χ2v) is 5.80. The van der Waals surface area contributed by atoms with Gasteiger partial charge in [-0.1, -0.05) is 0 Å². The predicted molar refractivity (Wildman–Crippen MR) is 64.4 cm³/mol. The van der Waals surface area contributed by atoms with E-state index in [1.807, 2.05) is 0 Å². The number of aliphatic hydroxyl groups excluding tert-OH is 1. The normalized spacial score (nSPS) is 40.7. The highest BCUT2D eigenvalue weighted by molar-refractivity contribution is 4.95. The van der Waals surface area contributed by atoms with E-state index in [1.165, 1.54) is 51.9 Å². The average molecular weight is 224 g/mol. The number of fused-ring (bicyclic) bond motifs is 2. The first-order valence-corrected chi connectivity index (χ1v) is 6.99. The number of piperidine rings is 1. The first-order valence-electron chi connectivity index (χ1n) is 6.99. The third-order valence-corrected chi connectivity index (χ3v) is 4.73. The second kappa shape index (κ2) is 4.63. The maximum absolute atomic E-state index is 9.75. The minimum Gasteiger partial charge on any atom is -0.393 e. The molecule has 3 saturated heterocycles. The summed E-state index contributed by atoms with van der Waals surface area (Å²) in [5, 5.41) is 9.75. The van der Waals surface area contributed by atoms with Crippen molar-refractivity contribution in [2.75, 3.05) is 26.2 Å². The van der Waals surface area contributed by atoms with Gasteiger partial charge in [-0.3, -0.25) is 4.90 Å². The van der Waals surface area contributed by atoms with Crippen molar-refractivity contribution in [3.63, 3.8) is 0 Å². The van der Waals surface area contributed by atoms with Gasteiger partial charge in [0.1, 0.15) is 0 Å². The SMILES string of the molecule is OC1CC2CCC(C1)N2CCN1CCCC1. The first-order chi connectivity index (χ1) is 7.83. The summed E-state index contributed by atoms with van der Waals surface area (Å²) in [7, 11) is 0. The summed E-state index contributed by atoms with van der Waals surface area (Å²) in [6.07, 6.45) is 7.47. The Hall–Kier alpha value is -0.120. The summed E-state index contributed by atoms with van der Waals surface area (Å²) in [6, 6.07) is 1.38. The van der Waals surface area contributed by atoms with Crippen molar-refractivity contribution in [3.05, 3.63) is 0 Å². The molecule has 3 heterocycles. The maximum Gasteiger partial charge on any atom is 0.0570 e. The summed E-state index contributed by atoms with van der Waals surface area (Å²) in [5.74, 6) is 0. The fraction of sp³-hybridized carbons (Fsp3) is 1.00. The van der Waals surface area contributed by atoms with Crippen LogP contribution in [0.1, 0.15) is 38.5 Å². The van der Waals surface area contributed by atoms with Gasteiger partial charge in [0.15, 0.2) is 0 Å². The highest BCUT2D eigenvalue weighted by Gasteiger charge is 2.39. The van der Waals surface area contributed by atoms with Gasteiger partial charge in [-0.25, -0.2) is 0 Å². The van der Waals surface area contributed by atoms with Crippen molar-refractivity contribution >= 4 is 0 Å². The molecule has 0 spiro atoms. The number of hydrogen-bond acceptors (Lipinski definition) is 3. The quantitative estimate of drug-likeness (QED) is 0.777. The molecule has 1 N–H and O–H groups in total. The van der Waals surface area contributed by atoms with Crippen LogP contribution in [0.5, 0.6) is 0 Å². The van der Waals surface area contributed by atoms with Crippen molar-refractivity contribution in [3.8, 4) is 0 Å². The van der Waals surface area contributed by atoms with Gasteiger partial charge >= 0.3 is 0 Å². The average Bonchev–Trinajstić information content (AvgIpc) is 2.83. The van der Waals surface area contributed by atoms with Crippen molar-refractivity contribution in [2.45, 2.75) is 56.7 Å². The van der Waals surface area contributed by atoms with E-state index in [0.717, 1.165) is 12.8 Å². The van der Waals surface area contributed by atoms with E-state index in [2.05, 4.69) is 9.80 Å². The van der Waals surface area contributed by atoms with Crippen LogP contribution in [0.3, 0.4) is 0 Å². The van der Waals surface area contributed by atoms with Crippen molar-refractivity contribution < 1.29 is 5.11 Å². The molecule has 0 aromatic carbocycles. The van der Waals surface area contributed by atoms with Crippen LogP contribution in [-0.4, -0.2) is 59.3 Å². The fourth-order valence-corrected chi connectivity index (χ4v) is 3.87. The molecule has 2 bridgehead atoms. The van der Waals surface area contributed by atoms with Crippen LogP contribution in [-0.2, 0) is 0 Å². The van der Waals surface area contributed by atoms with Crippen LogP contribution < -0.4 is 0 Å². The summed E-state index contributed by atoms with van der Waals surface area (Å²) >= 11 is 0. The van der Waals surface area contributed by atoms with Gasteiger partial charge in [-0.15, -0.1) is 0 Å². The molecule has 0 amide bonds. The van der Waals surface area contributed by atoms with E-state index >= 15 is 0 Å². The molecule has 2 unspecified atom stereocenters. The number of likely N-dealkylation sites (tertiary alicyclic amines) is 1. The monoisotopic (exact) mass is 224 g/mol. The lowest BCUT2D eigenvalue weighted by Gasteiger charge is -2.37.